The fourth-order valence-electron chi connectivity index (χ4n) is 2.10. The summed E-state index contributed by atoms with van der Waals surface area (Å²) < 4.78 is 25.5. The molecular formula is C13H16FNO2Si. The highest BCUT2D eigenvalue weighted by Gasteiger charge is 2.50. The van der Waals surface area contributed by atoms with Crippen molar-refractivity contribution in [2.45, 2.75) is 31.4 Å². The molecule has 1 aliphatic heterocycles. The van der Waals surface area contributed by atoms with Gasteiger partial charge in [-0.05, 0) is 25.7 Å². The lowest BCUT2D eigenvalue weighted by atomic mass is 9.88. The SMILES string of the molecule is C[Si](C)(C)O[C@@]1(C#N)c2ccccc2OC[C@@H]1F. The van der Waals surface area contributed by atoms with E-state index in [9.17, 15) is 9.65 Å². The summed E-state index contributed by atoms with van der Waals surface area (Å²) in [5.41, 5.74) is -1.03. The molecule has 0 aliphatic carbocycles. The number of nitriles is 1. The number of hydrogen-bond acceptors (Lipinski definition) is 3. The number of fused-ring (bicyclic) bond motifs is 1. The summed E-state index contributed by atoms with van der Waals surface area (Å²) >= 11 is 0. The van der Waals surface area contributed by atoms with Crippen molar-refractivity contribution < 1.29 is 13.6 Å². The van der Waals surface area contributed by atoms with E-state index in [0.717, 1.165) is 0 Å². The molecule has 0 fully saturated rings. The second-order valence-electron chi connectivity index (χ2n) is 5.34. The van der Waals surface area contributed by atoms with Crippen molar-refractivity contribution in [3.63, 3.8) is 0 Å². The maximum absolute atomic E-state index is 14.3. The Morgan fingerprint density at radius 3 is 2.72 bits per heavy atom. The zero-order valence-corrected chi connectivity index (χ0v) is 11.7. The van der Waals surface area contributed by atoms with Crippen LogP contribution in [0.5, 0.6) is 5.75 Å². The van der Waals surface area contributed by atoms with Gasteiger partial charge in [0.05, 0.1) is 0 Å². The smallest absolute Gasteiger partial charge is 0.208 e. The van der Waals surface area contributed by atoms with Gasteiger partial charge in [-0.15, -0.1) is 0 Å². The van der Waals surface area contributed by atoms with Gasteiger partial charge in [-0.25, -0.2) is 4.39 Å². The highest BCUT2D eigenvalue weighted by Crippen LogP contribution is 2.42. The Labute approximate surface area is 107 Å². The van der Waals surface area contributed by atoms with Gasteiger partial charge in [0, 0.05) is 5.56 Å². The first-order chi connectivity index (χ1) is 8.39. The summed E-state index contributed by atoms with van der Waals surface area (Å²) in [6.45, 7) is 5.68. The highest BCUT2D eigenvalue weighted by atomic mass is 28.4. The number of alkyl halides is 1. The molecule has 0 unspecified atom stereocenters. The van der Waals surface area contributed by atoms with Gasteiger partial charge in [-0.1, -0.05) is 18.2 Å². The Balaban J connectivity index is 2.55. The monoisotopic (exact) mass is 265 g/mol. The van der Waals surface area contributed by atoms with Crippen molar-refractivity contribution in [1.29, 1.82) is 5.26 Å². The van der Waals surface area contributed by atoms with Crippen molar-refractivity contribution in [3.8, 4) is 11.8 Å². The van der Waals surface area contributed by atoms with Gasteiger partial charge in [0.2, 0.25) is 5.60 Å². The van der Waals surface area contributed by atoms with E-state index in [1.807, 2.05) is 25.7 Å². The molecule has 2 rings (SSSR count). The third-order valence-corrected chi connectivity index (χ3v) is 3.68. The number of rotatable bonds is 2. The van der Waals surface area contributed by atoms with E-state index in [0.29, 0.717) is 11.3 Å². The molecule has 0 bridgehead atoms. The lowest BCUT2D eigenvalue weighted by Gasteiger charge is -2.39. The topological polar surface area (TPSA) is 42.2 Å². The summed E-state index contributed by atoms with van der Waals surface area (Å²) in [5.74, 6) is 0.534. The third kappa shape index (κ3) is 2.14. The quantitative estimate of drug-likeness (QED) is 0.772. The molecule has 96 valence electrons. The van der Waals surface area contributed by atoms with Crippen LogP contribution in [0.15, 0.2) is 24.3 Å². The molecule has 1 aromatic rings. The Kier molecular flexibility index (Phi) is 3.17. The molecule has 1 aromatic carbocycles. The zero-order valence-electron chi connectivity index (χ0n) is 10.7. The van der Waals surface area contributed by atoms with Gasteiger partial charge in [-0.2, -0.15) is 5.26 Å². The number of para-hydroxylation sites is 1. The first-order valence-corrected chi connectivity index (χ1v) is 9.28. The second-order valence-corrected chi connectivity index (χ2v) is 9.77. The predicted molar refractivity (Wildman–Crippen MR) is 68.6 cm³/mol. The van der Waals surface area contributed by atoms with Crippen LogP contribution in [0.4, 0.5) is 4.39 Å². The molecule has 0 N–H and O–H groups in total. The molecule has 1 aliphatic rings. The Bertz CT molecular complexity index is 494. The van der Waals surface area contributed by atoms with Crippen molar-refractivity contribution >= 4 is 8.32 Å². The van der Waals surface area contributed by atoms with Crippen LogP contribution in [-0.4, -0.2) is 21.1 Å². The van der Waals surface area contributed by atoms with E-state index < -0.39 is 20.1 Å². The van der Waals surface area contributed by atoms with Gasteiger partial charge in [0.15, 0.2) is 14.5 Å². The lowest BCUT2D eigenvalue weighted by Crippen LogP contribution is -2.50. The Morgan fingerprint density at radius 2 is 2.11 bits per heavy atom. The van der Waals surface area contributed by atoms with Crippen LogP contribution < -0.4 is 4.74 Å². The van der Waals surface area contributed by atoms with E-state index in [1.165, 1.54) is 0 Å². The molecule has 0 aromatic heterocycles. The number of hydrogen-bond donors (Lipinski definition) is 0. The average Bonchev–Trinajstić information content (AvgIpc) is 2.31. The lowest BCUT2D eigenvalue weighted by molar-refractivity contribution is -0.0162. The fourth-order valence-corrected chi connectivity index (χ4v) is 3.35. The number of halogens is 1. The molecule has 0 amide bonds. The van der Waals surface area contributed by atoms with Crippen LogP contribution in [-0.2, 0) is 10.0 Å². The third-order valence-electron chi connectivity index (χ3n) is 2.75. The summed E-state index contributed by atoms with van der Waals surface area (Å²) in [5, 5.41) is 9.47. The van der Waals surface area contributed by atoms with Crippen LogP contribution >= 0.6 is 0 Å². The zero-order chi connectivity index (χ0) is 13.4. The molecule has 0 saturated carbocycles. The maximum atomic E-state index is 14.3. The van der Waals surface area contributed by atoms with Crippen LogP contribution in [0.2, 0.25) is 19.6 Å². The summed E-state index contributed by atoms with van der Waals surface area (Å²) in [7, 11) is -2.07. The summed E-state index contributed by atoms with van der Waals surface area (Å²) in [6.07, 6.45) is -1.47. The largest absolute Gasteiger partial charge is 0.490 e. The molecular weight excluding hydrogens is 249 g/mol. The molecule has 18 heavy (non-hydrogen) atoms. The van der Waals surface area contributed by atoms with E-state index in [4.69, 9.17) is 9.16 Å². The molecule has 1 heterocycles. The average molecular weight is 265 g/mol. The Morgan fingerprint density at radius 1 is 1.44 bits per heavy atom. The van der Waals surface area contributed by atoms with E-state index in [2.05, 4.69) is 0 Å². The minimum Gasteiger partial charge on any atom is -0.490 e. The van der Waals surface area contributed by atoms with Gasteiger partial charge >= 0.3 is 0 Å². The van der Waals surface area contributed by atoms with E-state index in [-0.39, 0.29) is 6.61 Å². The van der Waals surface area contributed by atoms with Gasteiger partial charge in [0.25, 0.3) is 0 Å². The van der Waals surface area contributed by atoms with Crippen LogP contribution in [0.1, 0.15) is 5.56 Å². The van der Waals surface area contributed by atoms with Gasteiger partial charge < -0.3 is 9.16 Å². The fraction of sp³-hybridized carbons (Fsp3) is 0.462. The minimum atomic E-state index is -2.07. The molecule has 0 spiro atoms. The second kappa shape index (κ2) is 4.37. The first-order valence-electron chi connectivity index (χ1n) is 5.87. The molecule has 0 saturated heterocycles. The summed E-state index contributed by atoms with van der Waals surface area (Å²) in [6, 6.07) is 9.04. The Hall–Kier alpha value is -1.38. The highest BCUT2D eigenvalue weighted by molar-refractivity contribution is 6.69. The number of benzene rings is 1. The van der Waals surface area contributed by atoms with Crippen LogP contribution in [0.25, 0.3) is 0 Å². The normalized spacial score (nSPS) is 26.9. The van der Waals surface area contributed by atoms with Gasteiger partial charge in [-0.3, -0.25) is 0 Å². The number of nitrogens with zero attached hydrogens (tertiary/aromatic N) is 1. The first kappa shape index (κ1) is 13.1. The molecule has 0 radical (unpaired) electrons. The van der Waals surface area contributed by atoms with E-state index >= 15 is 0 Å². The van der Waals surface area contributed by atoms with Gasteiger partial charge in [0.1, 0.15) is 18.4 Å². The summed E-state index contributed by atoms with van der Waals surface area (Å²) in [4.78, 5) is 0. The minimum absolute atomic E-state index is 0.144. The van der Waals surface area contributed by atoms with Crippen molar-refractivity contribution in [2.24, 2.45) is 0 Å². The predicted octanol–water partition coefficient (Wildman–Crippen LogP) is 2.99. The molecule has 2 atom stereocenters. The number of ether oxygens (including phenoxy) is 1. The molecule has 3 nitrogen and oxygen atoms in total. The van der Waals surface area contributed by atoms with Crippen molar-refractivity contribution in [3.05, 3.63) is 29.8 Å². The van der Waals surface area contributed by atoms with E-state index in [1.54, 1.807) is 24.3 Å². The van der Waals surface area contributed by atoms with Crippen molar-refractivity contribution in [2.75, 3.05) is 6.61 Å². The maximum Gasteiger partial charge on any atom is 0.208 e. The standard InChI is InChI=1S/C13H16FNO2Si/c1-18(2,3)17-13(9-15)10-6-4-5-7-11(10)16-8-12(13)14/h4-7,12H,8H2,1-3H3/t12-,13-/m0/s1. The molecule has 5 heteroatoms. The van der Waals surface area contributed by atoms with Crippen LogP contribution in [0.3, 0.4) is 0 Å². The van der Waals surface area contributed by atoms with Crippen molar-refractivity contribution in [1.82, 2.24) is 0 Å². The van der Waals surface area contributed by atoms with Crippen LogP contribution in [0, 0.1) is 11.3 Å².